The summed E-state index contributed by atoms with van der Waals surface area (Å²) in [5.74, 6) is 0. The van der Waals surface area contributed by atoms with Gasteiger partial charge in [0.05, 0.1) is 0 Å². The highest BCUT2D eigenvalue weighted by atomic mass is 32.1. The standard InChI is InChI=1S/C12H18N2S/c1-4-10(3)13-12(15)14-11-8-6-5-7-9(11)2/h5-8,10H,4H2,1-3H3,(H2,13,14,15)/t10-/m0/s1. The highest BCUT2D eigenvalue weighted by Gasteiger charge is 2.02. The Kier molecular flexibility index (Phi) is 4.56. The first-order valence-electron chi connectivity index (χ1n) is 5.26. The van der Waals surface area contributed by atoms with Gasteiger partial charge < -0.3 is 10.6 Å². The molecule has 0 bridgehead atoms. The normalized spacial score (nSPS) is 11.9. The maximum atomic E-state index is 5.22. The molecule has 0 aliphatic rings. The molecule has 0 amide bonds. The SMILES string of the molecule is CC[C@H](C)NC(=S)Nc1ccccc1C. The third-order valence-electron chi connectivity index (χ3n) is 2.38. The summed E-state index contributed by atoms with van der Waals surface area (Å²) < 4.78 is 0. The van der Waals surface area contributed by atoms with Crippen LogP contribution in [0, 0.1) is 6.92 Å². The minimum atomic E-state index is 0.411. The quantitative estimate of drug-likeness (QED) is 0.769. The number of benzene rings is 1. The van der Waals surface area contributed by atoms with Crippen molar-refractivity contribution in [3.8, 4) is 0 Å². The Bertz CT molecular complexity index is 336. The number of nitrogens with one attached hydrogen (secondary N) is 2. The molecule has 0 fully saturated rings. The lowest BCUT2D eigenvalue weighted by atomic mass is 10.2. The number of para-hydroxylation sites is 1. The summed E-state index contributed by atoms with van der Waals surface area (Å²) >= 11 is 5.22. The van der Waals surface area contributed by atoms with Crippen LogP contribution in [0.4, 0.5) is 5.69 Å². The molecule has 1 atom stereocenters. The molecule has 0 aromatic heterocycles. The lowest BCUT2D eigenvalue weighted by Gasteiger charge is -2.16. The fourth-order valence-electron chi connectivity index (χ4n) is 1.20. The lowest BCUT2D eigenvalue weighted by molar-refractivity contribution is 0.646. The summed E-state index contributed by atoms with van der Waals surface area (Å²) in [6.07, 6.45) is 1.07. The fourth-order valence-corrected chi connectivity index (χ4v) is 1.51. The molecular formula is C12H18N2S. The molecular weight excluding hydrogens is 204 g/mol. The van der Waals surface area contributed by atoms with Crippen LogP contribution in [-0.2, 0) is 0 Å². The van der Waals surface area contributed by atoms with Gasteiger partial charge in [0.15, 0.2) is 5.11 Å². The van der Waals surface area contributed by atoms with Gasteiger partial charge in [0.25, 0.3) is 0 Å². The second kappa shape index (κ2) is 5.71. The zero-order chi connectivity index (χ0) is 11.3. The van der Waals surface area contributed by atoms with Crippen LogP contribution < -0.4 is 10.6 Å². The molecule has 1 rings (SSSR count). The Morgan fingerprint density at radius 1 is 1.40 bits per heavy atom. The summed E-state index contributed by atoms with van der Waals surface area (Å²) in [6, 6.07) is 8.52. The number of anilines is 1. The third kappa shape index (κ3) is 3.88. The minimum Gasteiger partial charge on any atom is -0.360 e. The van der Waals surface area contributed by atoms with Crippen molar-refractivity contribution in [2.24, 2.45) is 0 Å². The summed E-state index contributed by atoms with van der Waals surface area (Å²) in [5.41, 5.74) is 2.27. The Morgan fingerprint density at radius 2 is 2.07 bits per heavy atom. The van der Waals surface area contributed by atoms with Gasteiger partial charge in [-0.3, -0.25) is 0 Å². The van der Waals surface area contributed by atoms with Gasteiger partial charge in [0.2, 0.25) is 0 Å². The van der Waals surface area contributed by atoms with Gasteiger partial charge in [-0.25, -0.2) is 0 Å². The number of hydrogen-bond donors (Lipinski definition) is 2. The topological polar surface area (TPSA) is 24.1 Å². The molecule has 1 aromatic rings. The average Bonchev–Trinajstić information content (AvgIpc) is 2.21. The van der Waals surface area contributed by atoms with Gasteiger partial charge in [0, 0.05) is 11.7 Å². The van der Waals surface area contributed by atoms with Crippen molar-refractivity contribution in [2.75, 3.05) is 5.32 Å². The van der Waals surface area contributed by atoms with E-state index in [0.717, 1.165) is 12.1 Å². The summed E-state index contributed by atoms with van der Waals surface area (Å²) in [7, 11) is 0. The van der Waals surface area contributed by atoms with Crippen molar-refractivity contribution >= 4 is 23.0 Å². The highest BCUT2D eigenvalue weighted by molar-refractivity contribution is 7.80. The van der Waals surface area contributed by atoms with Crippen LogP contribution in [0.25, 0.3) is 0 Å². The molecule has 82 valence electrons. The zero-order valence-corrected chi connectivity index (χ0v) is 10.3. The molecule has 0 saturated heterocycles. The Hall–Kier alpha value is -1.09. The lowest BCUT2D eigenvalue weighted by Crippen LogP contribution is -2.35. The zero-order valence-electron chi connectivity index (χ0n) is 9.50. The van der Waals surface area contributed by atoms with E-state index < -0.39 is 0 Å². The largest absolute Gasteiger partial charge is 0.360 e. The van der Waals surface area contributed by atoms with Gasteiger partial charge in [0.1, 0.15) is 0 Å². The predicted octanol–water partition coefficient (Wildman–Crippen LogP) is 3.08. The Labute approximate surface area is 97.1 Å². The molecule has 15 heavy (non-hydrogen) atoms. The van der Waals surface area contributed by atoms with Crippen molar-refractivity contribution in [3.63, 3.8) is 0 Å². The molecule has 0 aliphatic carbocycles. The Balaban J connectivity index is 2.55. The van der Waals surface area contributed by atoms with Gasteiger partial charge in [-0.05, 0) is 44.1 Å². The van der Waals surface area contributed by atoms with Gasteiger partial charge >= 0.3 is 0 Å². The summed E-state index contributed by atoms with van der Waals surface area (Å²) in [4.78, 5) is 0. The Morgan fingerprint density at radius 3 is 2.67 bits per heavy atom. The molecule has 0 unspecified atom stereocenters. The van der Waals surface area contributed by atoms with Crippen molar-refractivity contribution in [1.29, 1.82) is 0 Å². The molecule has 0 radical (unpaired) electrons. The van der Waals surface area contributed by atoms with Gasteiger partial charge in [-0.15, -0.1) is 0 Å². The van der Waals surface area contributed by atoms with Crippen molar-refractivity contribution < 1.29 is 0 Å². The first-order chi connectivity index (χ1) is 7.13. The van der Waals surface area contributed by atoms with Crippen LogP contribution in [0.3, 0.4) is 0 Å². The molecule has 0 aliphatic heterocycles. The minimum absolute atomic E-state index is 0.411. The predicted molar refractivity (Wildman–Crippen MR) is 70.3 cm³/mol. The molecule has 0 saturated carbocycles. The molecule has 0 heterocycles. The molecule has 2 nitrogen and oxygen atoms in total. The molecule has 0 spiro atoms. The van der Waals surface area contributed by atoms with E-state index >= 15 is 0 Å². The van der Waals surface area contributed by atoms with Crippen LogP contribution >= 0.6 is 12.2 Å². The maximum absolute atomic E-state index is 5.22. The van der Waals surface area contributed by atoms with Crippen molar-refractivity contribution in [1.82, 2.24) is 5.32 Å². The van der Waals surface area contributed by atoms with E-state index in [1.54, 1.807) is 0 Å². The summed E-state index contributed by atoms with van der Waals surface area (Å²) in [6.45, 7) is 6.31. The fraction of sp³-hybridized carbons (Fsp3) is 0.417. The van der Waals surface area contributed by atoms with Crippen LogP contribution in [0.1, 0.15) is 25.8 Å². The monoisotopic (exact) mass is 222 g/mol. The van der Waals surface area contributed by atoms with Crippen molar-refractivity contribution in [2.45, 2.75) is 33.2 Å². The number of hydrogen-bond acceptors (Lipinski definition) is 1. The van der Waals surface area contributed by atoms with Crippen molar-refractivity contribution in [3.05, 3.63) is 29.8 Å². The van der Waals surface area contributed by atoms with E-state index in [2.05, 4.69) is 37.5 Å². The third-order valence-corrected chi connectivity index (χ3v) is 2.60. The second-order valence-corrected chi connectivity index (χ2v) is 4.13. The number of rotatable bonds is 3. The molecule has 1 aromatic carbocycles. The van der Waals surface area contributed by atoms with E-state index in [-0.39, 0.29) is 0 Å². The number of aryl methyl sites for hydroxylation is 1. The van der Waals surface area contributed by atoms with E-state index in [4.69, 9.17) is 12.2 Å². The summed E-state index contributed by atoms with van der Waals surface area (Å²) in [5, 5.41) is 7.11. The second-order valence-electron chi connectivity index (χ2n) is 3.72. The first-order valence-corrected chi connectivity index (χ1v) is 5.67. The van der Waals surface area contributed by atoms with Gasteiger partial charge in [-0.1, -0.05) is 25.1 Å². The maximum Gasteiger partial charge on any atom is 0.170 e. The highest BCUT2D eigenvalue weighted by Crippen LogP contribution is 2.12. The van der Waals surface area contributed by atoms with Crippen LogP contribution in [-0.4, -0.2) is 11.2 Å². The smallest absolute Gasteiger partial charge is 0.170 e. The van der Waals surface area contributed by atoms with E-state index in [1.807, 2.05) is 18.2 Å². The van der Waals surface area contributed by atoms with E-state index in [1.165, 1.54) is 5.56 Å². The van der Waals surface area contributed by atoms with E-state index in [9.17, 15) is 0 Å². The average molecular weight is 222 g/mol. The van der Waals surface area contributed by atoms with Crippen LogP contribution in [0.15, 0.2) is 24.3 Å². The van der Waals surface area contributed by atoms with Gasteiger partial charge in [-0.2, -0.15) is 0 Å². The number of thiocarbonyl (C=S) groups is 1. The molecule has 2 N–H and O–H groups in total. The van der Waals surface area contributed by atoms with Crippen LogP contribution in [0.2, 0.25) is 0 Å². The van der Waals surface area contributed by atoms with Crippen LogP contribution in [0.5, 0.6) is 0 Å². The molecule has 3 heteroatoms. The first kappa shape index (κ1) is 12.0. The van der Waals surface area contributed by atoms with E-state index in [0.29, 0.717) is 11.2 Å².